The molecule has 1 saturated carbocycles. The number of hydrogen-bond donors (Lipinski definition) is 3. The highest BCUT2D eigenvalue weighted by atomic mass is 16.2. The average molecular weight is 286 g/mol. The number of benzene rings is 1. The third-order valence-electron chi connectivity index (χ3n) is 5.05. The summed E-state index contributed by atoms with van der Waals surface area (Å²) in [6.07, 6.45) is 0. The van der Waals surface area contributed by atoms with Gasteiger partial charge < -0.3 is 11.1 Å². The first-order valence-corrected chi connectivity index (χ1v) is 7.26. The maximum atomic E-state index is 12.6. The predicted octanol–water partition coefficient (Wildman–Crippen LogP) is 2.05. The van der Waals surface area contributed by atoms with Gasteiger partial charge in [0.05, 0.1) is 5.52 Å². The number of rotatable bonds is 2. The van der Waals surface area contributed by atoms with Crippen LogP contribution in [-0.4, -0.2) is 28.2 Å². The van der Waals surface area contributed by atoms with Gasteiger partial charge in [0.15, 0.2) is 5.69 Å². The number of aromatic nitrogens is 2. The Kier molecular flexibility index (Phi) is 2.89. The molecule has 21 heavy (non-hydrogen) atoms. The molecule has 1 heterocycles. The molecule has 5 heteroatoms. The lowest BCUT2D eigenvalue weighted by Gasteiger charge is -2.62. The molecule has 3 rings (SSSR count). The fraction of sp³-hybridized carbons (Fsp3) is 0.500. The minimum atomic E-state index is -0.148. The van der Waals surface area contributed by atoms with Gasteiger partial charge in [-0.15, -0.1) is 0 Å². The number of carbonyl (C=O) groups is 1. The van der Waals surface area contributed by atoms with Crippen LogP contribution in [0.5, 0.6) is 0 Å². The van der Waals surface area contributed by atoms with Gasteiger partial charge in [0.25, 0.3) is 5.91 Å². The molecule has 1 amide bonds. The van der Waals surface area contributed by atoms with Crippen LogP contribution in [0.2, 0.25) is 0 Å². The second-order valence-corrected chi connectivity index (χ2v) is 7.14. The molecule has 0 unspecified atom stereocenters. The molecule has 2 aromatic rings. The Labute approximate surface area is 124 Å². The zero-order chi connectivity index (χ0) is 15.4. The molecule has 1 aromatic heterocycles. The molecule has 4 N–H and O–H groups in total. The summed E-state index contributed by atoms with van der Waals surface area (Å²) < 4.78 is 0. The van der Waals surface area contributed by atoms with Crippen LogP contribution in [0.1, 0.15) is 38.2 Å². The molecule has 0 atom stereocenters. The van der Waals surface area contributed by atoms with E-state index in [1.165, 1.54) is 0 Å². The molecular formula is C16H22N4O. The minimum Gasteiger partial charge on any atom is -0.347 e. The fourth-order valence-corrected chi connectivity index (χ4v) is 3.89. The molecular weight excluding hydrogens is 264 g/mol. The van der Waals surface area contributed by atoms with Crippen molar-refractivity contribution < 1.29 is 4.79 Å². The van der Waals surface area contributed by atoms with Crippen LogP contribution in [0.3, 0.4) is 0 Å². The maximum Gasteiger partial charge on any atom is 0.272 e. The highest BCUT2D eigenvalue weighted by molar-refractivity contribution is 6.04. The van der Waals surface area contributed by atoms with Crippen molar-refractivity contribution in [1.29, 1.82) is 0 Å². The highest BCUT2D eigenvalue weighted by Gasteiger charge is 2.60. The number of hydrogen-bond acceptors (Lipinski definition) is 3. The number of H-pyrrole nitrogens is 1. The summed E-state index contributed by atoms with van der Waals surface area (Å²) in [6, 6.07) is 7.72. The van der Waals surface area contributed by atoms with Crippen molar-refractivity contribution in [3.8, 4) is 0 Å². The zero-order valence-electron chi connectivity index (χ0n) is 12.9. The van der Waals surface area contributed by atoms with Crippen LogP contribution in [0, 0.1) is 10.8 Å². The first-order valence-electron chi connectivity index (χ1n) is 7.26. The van der Waals surface area contributed by atoms with Crippen LogP contribution < -0.4 is 11.1 Å². The summed E-state index contributed by atoms with van der Waals surface area (Å²) in [5.74, 6) is -0.148. The summed E-state index contributed by atoms with van der Waals surface area (Å²) in [5, 5.41) is 11.0. The van der Waals surface area contributed by atoms with Crippen LogP contribution in [0.4, 0.5) is 0 Å². The first-order chi connectivity index (χ1) is 9.76. The summed E-state index contributed by atoms with van der Waals surface area (Å²) >= 11 is 0. The van der Waals surface area contributed by atoms with E-state index in [2.05, 4.69) is 43.2 Å². The van der Waals surface area contributed by atoms with E-state index in [0.29, 0.717) is 5.69 Å². The normalized spacial score (nSPS) is 26.3. The number of amides is 1. The predicted molar refractivity (Wildman–Crippen MR) is 82.9 cm³/mol. The van der Waals surface area contributed by atoms with Crippen molar-refractivity contribution in [2.75, 3.05) is 0 Å². The first kappa shape index (κ1) is 14.1. The largest absolute Gasteiger partial charge is 0.347 e. The lowest BCUT2D eigenvalue weighted by molar-refractivity contribution is -0.0664. The third-order valence-corrected chi connectivity index (χ3v) is 5.05. The quantitative estimate of drug-likeness (QED) is 0.790. The second kappa shape index (κ2) is 4.31. The van der Waals surface area contributed by atoms with E-state index < -0.39 is 0 Å². The van der Waals surface area contributed by atoms with Crippen molar-refractivity contribution in [1.82, 2.24) is 15.5 Å². The Morgan fingerprint density at radius 3 is 2.52 bits per heavy atom. The number of fused-ring (bicyclic) bond motifs is 1. The molecule has 1 aliphatic carbocycles. The zero-order valence-corrected chi connectivity index (χ0v) is 12.9. The van der Waals surface area contributed by atoms with Gasteiger partial charge in [0.2, 0.25) is 0 Å². The van der Waals surface area contributed by atoms with Crippen molar-refractivity contribution in [3.63, 3.8) is 0 Å². The van der Waals surface area contributed by atoms with E-state index in [4.69, 9.17) is 5.73 Å². The van der Waals surface area contributed by atoms with Gasteiger partial charge in [-0.25, -0.2) is 0 Å². The van der Waals surface area contributed by atoms with Crippen LogP contribution in [0.25, 0.3) is 10.9 Å². The Morgan fingerprint density at radius 1 is 1.24 bits per heavy atom. The summed E-state index contributed by atoms with van der Waals surface area (Å²) in [6.45, 7) is 8.38. The number of aromatic amines is 1. The molecule has 1 aromatic carbocycles. The maximum absolute atomic E-state index is 12.6. The number of nitrogens with one attached hydrogen (secondary N) is 2. The van der Waals surface area contributed by atoms with Crippen molar-refractivity contribution in [2.24, 2.45) is 16.6 Å². The Hall–Kier alpha value is -1.88. The van der Waals surface area contributed by atoms with Gasteiger partial charge in [0.1, 0.15) is 0 Å². The lowest BCUT2D eigenvalue weighted by Crippen LogP contribution is -2.76. The van der Waals surface area contributed by atoms with Gasteiger partial charge in [-0.05, 0) is 6.07 Å². The molecule has 0 spiro atoms. The van der Waals surface area contributed by atoms with E-state index in [-0.39, 0.29) is 28.8 Å². The van der Waals surface area contributed by atoms with Gasteiger partial charge in [0, 0.05) is 28.3 Å². The van der Waals surface area contributed by atoms with E-state index in [0.717, 1.165) is 10.9 Å². The Balaban J connectivity index is 1.87. The summed E-state index contributed by atoms with van der Waals surface area (Å²) in [4.78, 5) is 12.6. The van der Waals surface area contributed by atoms with Crippen molar-refractivity contribution >= 4 is 16.8 Å². The van der Waals surface area contributed by atoms with Gasteiger partial charge in [-0.1, -0.05) is 45.9 Å². The molecule has 1 aliphatic rings. The van der Waals surface area contributed by atoms with Gasteiger partial charge in [-0.2, -0.15) is 5.10 Å². The Morgan fingerprint density at radius 2 is 1.86 bits per heavy atom. The number of para-hydroxylation sites is 1. The van der Waals surface area contributed by atoms with Gasteiger partial charge >= 0.3 is 0 Å². The molecule has 0 saturated heterocycles. The topological polar surface area (TPSA) is 83.8 Å². The Bertz CT molecular complexity index is 685. The molecule has 112 valence electrons. The van der Waals surface area contributed by atoms with Crippen molar-refractivity contribution in [3.05, 3.63) is 30.0 Å². The number of carbonyl (C=O) groups excluding carboxylic acids is 1. The smallest absolute Gasteiger partial charge is 0.272 e. The molecule has 0 radical (unpaired) electrons. The van der Waals surface area contributed by atoms with Crippen LogP contribution in [-0.2, 0) is 0 Å². The monoisotopic (exact) mass is 286 g/mol. The van der Waals surface area contributed by atoms with E-state index in [1.54, 1.807) is 0 Å². The van der Waals surface area contributed by atoms with E-state index in [1.807, 2.05) is 24.3 Å². The number of nitrogens with two attached hydrogens (primary N) is 1. The average Bonchev–Trinajstić information content (AvgIpc) is 2.87. The summed E-state index contributed by atoms with van der Waals surface area (Å²) in [7, 11) is 0. The highest BCUT2D eigenvalue weighted by Crippen LogP contribution is 2.52. The molecule has 0 aliphatic heterocycles. The minimum absolute atomic E-state index is 0.0305. The summed E-state index contributed by atoms with van der Waals surface area (Å²) in [5.41, 5.74) is 7.31. The second-order valence-electron chi connectivity index (χ2n) is 7.14. The van der Waals surface area contributed by atoms with Crippen LogP contribution >= 0.6 is 0 Å². The SMILES string of the molecule is CC1(C)C(N)C(C)(C)C1NC(=O)c1n[nH]c2ccccc12. The van der Waals surface area contributed by atoms with Crippen molar-refractivity contribution in [2.45, 2.75) is 39.8 Å². The third kappa shape index (κ3) is 1.87. The molecule has 1 fully saturated rings. The lowest BCUT2D eigenvalue weighted by atomic mass is 9.48. The fourth-order valence-electron chi connectivity index (χ4n) is 3.89. The number of nitrogens with zero attached hydrogens (tertiary/aromatic N) is 1. The van der Waals surface area contributed by atoms with E-state index in [9.17, 15) is 4.79 Å². The molecule has 5 nitrogen and oxygen atoms in total. The van der Waals surface area contributed by atoms with Gasteiger partial charge in [-0.3, -0.25) is 9.89 Å². The van der Waals surface area contributed by atoms with Crippen LogP contribution in [0.15, 0.2) is 24.3 Å². The standard InChI is InChI=1S/C16H22N4O/c1-15(2)13(17)16(3,4)14(15)18-12(21)11-9-7-5-6-8-10(9)19-20-11/h5-8,13-14H,17H2,1-4H3,(H,18,21)(H,19,20). The van der Waals surface area contributed by atoms with E-state index >= 15 is 0 Å². The molecule has 0 bridgehead atoms.